The van der Waals surface area contributed by atoms with Gasteiger partial charge in [0, 0.05) is 6.21 Å². The Morgan fingerprint density at radius 1 is 1.25 bits per heavy atom. The van der Waals surface area contributed by atoms with E-state index in [-0.39, 0.29) is 0 Å². The molecule has 0 N–H and O–H groups in total. The van der Waals surface area contributed by atoms with Crippen molar-refractivity contribution in [1.82, 2.24) is 0 Å². The van der Waals surface area contributed by atoms with Gasteiger partial charge in [0.15, 0.2) is 0 Å². The van der Waals surface area contributed by atoms with E-state index in [9.17, 15) is 0 Å². The summed E-state index contributed by atoms with van der Waals surface area (Å²) in [6, 6.07) is 6.46. The number of rotatable bonds is 0. The molecule has 0 saturated heterocycles. The monoisotopic (exact) mass is 157 g/mol. The van der Waals surface area contributed by atoms with Gasteiger partial charge in [0.2, 0.25) is 0 Å². The van der Waals surface area contributed by atoms with E-state index in [4.69, 9.17) is 0 Å². The first kappa shape index (κ1) is 7.29. The summed E-state index contributed by atoms with van der Waals surface area (Å²) >= 11 is 0. The minimum atomic E-state index is 0.799. The summed E-state index contributed by atoms with van der Waals surface area (Å²) in [6.07, 6.45) is 6.08. The van der Waals surface area contributed by atoms with Crippen molar-refractivity contribution in [3.8, 4) is 0 Å². The third-order valence-electron chi connectivity index (χ3n) is 2.02. The van der Waals surface area contributed by atoms with E-state index in [0.717, 1.165) is 6.54 Å². The van der Waals surface area contributed by atoms with Gasteiger partial charge in [0.25, 0.3) is 0 Å². The molecule has 1 heterocycles. The zero-order chi connectivity index (χ0) is 8.39. The minimum absolute atomic E-state index is 0.799. The lowest BCUT2D eigenvalue weighted by atomic mass is 10.1. The Hall–Kier alpha value is -1.37. The Morgan fingerprint density at radius 3 is 3.08 bits per heavy atom. The molecule has 12 heavy (non-hydrogen) atoms. The minimum Gasteiger partial charge on any atom is -0.289 e. The number of benzene rings is 1. The molecule has 0 spiro atoms. The van der Waals surface area contributed by atoms with Crippen LogP contribution >= 0.6 is 0 Å². The molecule has 1 aromatic carbocycles. The first-order valence-electron chi connectivity index (χ1n) is 4.13. The highest BCUT2D eigenvalue weighted by atomic mass is 14.7. The summed E-state index contributed by atoms with van der Waals surface area (Å²) in [4.78, 5) is 4.18. The fraction of sp³-hybridized carbons (Fsp3) is 0.182. The highest BCUT2D eigenvalue weighted by Gasteiger charge is 1.88. The summed E-state index contributed by atoms with van der Waals surface area (Å²) in [5.41, 5.74) is 1.31. The van der Waals surface area contributed by atoms with Crippen LogP contribution in [0.2, 0.25) is 0 Å². The van der Waals surface area contributed by atoms with Gasteiger partial charge in [-0.05, 0) is 23.4 Å². The molecule has 1 aromatic rings. The topological polar surface area (TPSA) is 12.4 Å². The quantitative estimate of drug-likeness (QED) is 0.524. The van der Waals surface area contributed by atoms with E-state index in [1.807, 2.05) is 6.21 Å². The maximum absolute atomic E-state index is 4.18. The molecule has 0 fully saturated rings. The third kappa shape index (κ3) is 1.30. The second kappa shape index (κ2) is 2.94. The normalized spacial score (nSPS) is 14.1. The molecular weight excluding hydrogens is 146 g/mol. The van der Waals surface area contributed by atoms with E-state index in [2.05, 4.69) is 42.3 Å². The van der Waals surface area contributed by atoms with Gasteiger partial charge in [-0.1, -0.05) is 29.8 Å². The average molecular weight is 157 g/mol. The fourth-order valence-electron chi connectivity index (χ4n) is 1.37. The molecule has 0 radical (unpaired) electrons. The van der Waals surface area contributed by atoms with Crippen molar-refractivity contribution in [3.63, 3.8) is 0 Å². The van der Waals surface area contributed by atoms with Crippen LogP contribution in [-0.4, -0.2) is 12.8 Å². The SMILES string of the molecule is Cc1ccc2c(c1)=CCN=CC=2. The van der Waals surface area contributed by atoms with Crippen LogP contribution in [0, 0.1) is 6.92 Å². The molecule has 0 unspecified atom stereocenters. The molecule has 0 aliphatic carbocycles. The molecule has 1 heteroatoms. The van der Waals surface area contributed by atoms with Crippen LogP contribution < -0.4 is 10.4 Å². The molecular formula is C11H11N. The molecule has 0 atom stereocenters. The van der Waals surface area contributed by atoms with Gasteiger partial charge in [-0.3, -0.25) is 4.99 Å². The Morgan fingerprint density at radius 2 is 2.17 bits per heavy atom. The van der Waals surface area contributed by atoms with Crippen LogP contribution in [0.3, 0.4) is 0 Å². The third-order valence-corrected chi connectivity index (χ3v) is 2.02. The van der Waals surface area contributed by atoms with Gasteiger partial charge in [0.05, 0.1) is 6.54 Å². The number of aryl methyl sites for hydroxylation is 1. The van der Waals surface area contributed by atoms with Gasteiger partial charge in [-0.25, -0.2) is 0 Å². The number of fused-ring (bicyclic) bond motifs is 1. The molecule has 0 saturated carbocycles. The van der Waals surface area contributed by atoms with E-state index in [1.54, 1.807) is 0 Å². The summed E-state index contributed by atoms with van der Waals surface area (Å²) in [7, 11) is 0. The highest BCUT2D eigenvalue weighted by Crippen LogP contribution is 1.87. The van der Waals surface area contributed by atoms with Crippen molar-refractivity contribution in [3.05, 3.63) is 34.2 Å². The maximum Gasteiger partial charge on any atom is 0.0579 e. The Balaban J connectivity index is 2.78. The Kier molecular flexibility index (Phi) is 1.78. The zero-order valence-corrected chi connectivity index (χ0v) is 7.12. The van der Waals surface area contributed by atoms with Crippen molar-refractivity contribution in [2.45, 2.75) is 6.92 Å². The molecule has 0 amide bonds. The van der Waals surface area contributed by atoms with Crippen LogP contribution in [0.4, 0.5) is 0 Å². The highest BCUT2D eigenvalue weighted by molar-refractivity contribution is 5.91. The van der Waals surface area contributed by atoms with Crippen LogP contribution in [0.15, 0.2) is 23.2 Å². The number of aliphatic imine (C=N–C) groups is 1. The van der Waals surface area contributed by atoms with Crippen molar-refractivity contribution in [1.29, 1.82) is 0 Å². The number of hydrogen-bond acceptors (Lipinski definition) is 1. The first-order chi connectivity index (χ1) is 5.86. The molecule has 1 nitrogen and oxygen atoms in total. The first-order valence-corrected chi connectivity index (χ1v) is 4.13. The second-order valence-electron chi connectivity index (χ2n) is 3.02. The summed E-state index contributed by atoms with van der Waals surface area (Å²) in [6.45, 7) is 2.91. The van der Waals surface area contributed by atoms with Crippen LogP contribution in [-0.2, 0) is 0 Å². The Labute approximate surface area is 71.8 Å². The molecule has 1 aliphatic rings. The lowest BCUT2D eigenvalue weighted by molar-refractivity contribution is 1.31. The molecule has 0 bridgehead atoms. The molecule has 60 valence electrons. The second-order valence-corrected chi connectivity index (χ2v) is 3.02. The average Bonchev–Trinajstić information content (AvgIpc) is 2.28. The van der Waals surface area contributed by atoms with Crippen LogP contribution in [0.1, 0.15) is 5.56 Å². The zero-order valence-electron chi connectivity index (χ0n) is 7.12. The standard InChI is InChI=1S/C11H11N/c1-9-2-3-10-4-6-12-7-5-11(10)8-9/h2-6,8H,7H2,1H3. The molecule has 2 rings (SSSR count). The lowest BCUT2D eigenvalue weighted by Crippen LogP contribution is -2.24. The molecule has 1 aliphatic heterocycles. The van der Waals surface area contributed by atoms with Crippen molar-refractivity contribution in [2.75, 3.05) is 6.54 Å². The van der Waals surface area contributed by atoms with Gasteiger partial charge in [-0.2, -0.15) is 0 Å². The smallest absolute Gasteiger partial charge is 0.0579 e. The summed E-state index contributed by atoms with van der Waals surface area (Å²) in [5, 5.41) is 2.56. The van der Waals surface area contributed by atoms with E-state index in [0.29, 0.717) is 0 Å². The number of hydrogen-bond donors (Lipinski definition) is 0. The van der Waals surface area contributed by atoms with Crippen molar-refractivity contribution < 1.29 is 0 Å². The largest absolute Gasteiger partial charge is 0.289 e. The maximum atomic E-state index is 4.18. The summed E-state index contributed by atoms with van der Waals surface area (Å²) < 4.78 is 0. The van der Waals surface area contributed by atoms with Gasteiger partial charge >= 0.3 is 0 Å². The van der Waals surface area contributed by atoms with E-state index < -0.39 is 0 Å². The van der Waals surface area contributed by atoms with Crippen LogP contribution in [0.5, 0.6) is 0 Å². The van der Waals surface area contributed by atoms with Gasteiger partial charge in [-0.15, -0.1) is 0 Å². The lowest BCUT2D eigenvalue weighted by Gasteiger charge is -1.91. The fourth-order valence-corrected chi connectivity index (χ4v) is 1.37. The van der Waals surface area contributed by atoms with E-state index >= 15 is 0 Å². The number of nitrogens with zero attached hydrogens (tertiary/aromatic N) is 1. The predicted octanol–water partition coefficient (Wildman–Crippen LogP) is 0.640. The molecule has 0 aromatic heterocycles. The van der Waals surface area contributed by atoms with Crippen molar-refractivity contribution in [2.24, 2.45) is 4.99 Å². The van der Waals surface area contributed by atoms with Gasteiger partial charge in [0.1, 0.15) is 0 Å². The van der Waals surface area contributed by atoms with Crippen LogP contribution in [0.25, 0.3) is 12.2 Å². The van der Waals surface area contributed by atoms with E-state index in [1.165, 1.54) is 16.0 Å². The predicted molar refractivity (Wildman–Crippen MR) is 52.7 cm³/mol. The summed E-state index contributed by atoms with van der Waals surface area (Å²) in [5.74, 6) is 0. The van der Waals surface area contributed by atoms with Crippen molar-refractivity contribution >= 4 is 18.4 Å². The Bertz CT molecular complexity index is 427. The van der Waals surface area contributed by atoms with Gasteiger partial charge < -0.3 is 0 Å².